The first kappa shape index (κ1) is 12.8. The number of methoxy groups -OCH3 is 1. The van der Waals surface area contributed by atoms with Gasteiger partial charge < -0.3 is 15.8 Å². The molecule has 1 aromatic carbocycles. The number of carbonyl (C=O) groups excluding carboxylic acids is 1. The van der Waals surface area contributed by atoms with Gasteiger partial charge >= 0.3 is 0 Å². The highest BCUT2D eigenvalue weighted by Crippen LogP contribution is 2.11. The molecule has 0 saturated heterocycles. The van der Waals surface area contributed by atoms with Gasteiger partial charge in [0.2, 0.25) is 0 Å². The second-order valence-electron chi connectivity index (χ2n) is 3.86. The van der Waals surface area contributed by atoms with Gasteiger partial charge in [-0.3, -0.25) is 4.79 Å². The van der Waals surface area contributed by atoms with E-state index in [4.69, 9.17) is 10.5 Å². The Labute approximate surface area is 110 Å². The third-order valence-electron chi connectivity index (χ3n) is 2.52. The minimum atomic E-state index is -0.289. The number of hydrogen-bond donors (Lipinski definition) is 2. The Morgan fingerprint density at radius 1 is 1.26 bits per heavy atom. The molecule has 0 spiro atoms. The highest BCUT2D eigenvalue weighted by molar-refractivity contribution is 5.91. The zero-order valence-electron chi connectivity index (χ0n) is 10.5. The van der Waals surface area contributed by atoms with Crippen LogP contribution < -0.4 is 15.8 Å². The average molecular weight is 258 g/mol. The van der Waals surface area contributed by atoms with Gasteiger partial charge in [0.15, 0.2) is 0 Å². The molecular formula is C13H14N4O2. The maximum absolute atomic E-state index is 11.8. The van der Waals surface area contributed by atoms with Crippen LogP contribution in [0.3, 0.4) is 0 Å². The minimum Gasteiger partial charge on any atom is -0.497 e. The molecule has 3 N–H and O–H groups in total. The summed E-state index contributed by atoms with van der Waals surface area (Å²) >= 11 is 0. The molecule has 0 radical (unpaired) electrons. The van der Waals surface area contributed by atoms with E-state index >= 15 is 0 Å². The summed E-state index contributed by atoms with van der Waals surface area (Å²) in [6.07, 6.45) is 2.70. The van der Waals surface area contributed by atoms with Crippen LogP contribution in [0, 0.1) is 0 Å². The lowest BCUT2D eigenvalue weighted by atomic mass is 10.2. The molecule has 1 amide bonds. The monoisotopic (exact) mass is 258 g/mol. The van der Waals surface area contributed by atoms with Crippen LogP contribution in [-0.2, 0) is 6.54 Å². The quantitative estimate of drug-likeness (QED) is 0.853. The first-order chi connectivity index (χ1) is 9.19. The second kappa shape index (κ2) is 5.81. The number of nitrogens with zero attached hydrogens (tertiary/aromatic N) is 2. The third-order valence-corrected chi connectivity index (χ3v) is 2.52. The van der Waals surface area contributed by atoms with Crippen LogP contribution in [0.5, 0.6) is 5.75 Å². The van der Waals surface area contributed by atoms with E-state index in [1.54, 1.807) is 7.11 Å². The van der Waals surface area contributed by atoms with Crippen LogP contribution >= 0.6 is 0 Å². The van der Waals surface area contributed by atoms with Crippen LogP contribution in [0.25, 0.3) is 0 Å². The Hall–Kier alpha value is -2.63. The van der Waals surface area contributed by atoms with E-state index in [0.717, 1.165) is 11.3 Å². The lowest BCUT2D eigenvalue weighted by Crippen LogP contribution is -2.24. The number of amides is 1. The Balaban J connectivity index is 1.94. The SMILES string of the molecule is COc1ccc(CNC(=O)c2cnc(N)cn2)cc1. The molecule has 2 aromatic rings. The van der Waals surface area contributed by atoms with E-state index in [0.29, 0.717) is 6.54 Å². The maximum Gasteiger partial charge on any atom is 0.271 e. The molecule has 19 heavy (non-hydrogen) atoms. The minimum absolute atomic E-state index is 0.239. The van der Waals surface area contributed by atoms with Crippen molar-refractivity contribution in [1.29, 1.82) is 0 Å². The van der Waals surface area contributed by atoms with Crippen molar-refractivity contribution in [2.24, 2.45) is 0 Å². The summed E-state index contributed by atoms with van der Waals surface area (Å²) in [4.78, 5) is 19.5. The van der Waals surface area contributed by atoms with Crippen molar-refractivity contribution in [3.05, 3.63) is 47.9 Å². The van der Waals surface area contributed by atoms with E-state index in [2.05, 4.69) is 15.3 Å². The van der Waals surface area contributed by atoms with Crippen molar-refractivity contribution < 1.29 is 9.53 Å². The number of nitrogen functional groups attached to an aromatic ring is 1. The molecule has 0 bridgehead atoms. The molecule has 0 aliphatic heterocycles. The van der Waals surface area contributed by atoms with Gasteiger partial charge in [-0.1, -0.05) is 12.1 Å². The van der Waals surface area contributed by atoms with E-state index in [1.165, 1.54) is 12.4 Å². The van der Waals surface area contributed by atoms with Gasteiger partial charge in [0.1, 0.15) is 17.3 Å². The first-order valence-electron chi connectivity index (χ1n) is 5.67. The topological polar surface area (TPSA) is 90.1 Å². The fourth-order valence-electron chi connectivity index (χ4n) is 1.47. The van der Waals surface area contributed by atoms with Crippen molar-refractivity contribution >= 4 is 11.7 Å². The predicted molar refractivity (Wildman–Crippen MR) is 70.6 cm³/mol. The Morgan fingerprint density at radius 2 is 2.00 bits per heavy atom. The van der Waals surface area contributed by atoms with Crippen LogP contribution in [0.1, 0.15) is 16.1 Å². The number of nitrogens with one attached hydrogen (secondary N) is 1. The van der Waals surface area contributed by atoms with Gasteiger partial charge in [-0.05, 0) is 17.7 Å². The highest BCUT2D eigenvalue weighted by atomic mass is 16.5. The fourth-order valence-corrected chi connectivity index (χ4v) is 1.47. The lowest BCUT2D eigenvalue weighted by molar-refractivity contribution is 0.0945. The molecule has 0 aliphatic rings. The third kappa shape index (κ3) is 3.41. The number of carbonyl (C=O) groups is 1. The fraction of sp³-hybridized carbons (Fsp3) is 0.154. The lowest BCUT2D eigenvalue weighted by Gasteiger charge is -2.05. The number of anilines is 1. The average Bonchev–Trinajstić information content (AvgIpc) is 2.46. The van der Waals surface area contributed by atoms with E-state index in [1.807, 2.05) is 24.3 Å². The summed E-state index contributed by atoms with van der Waals surface area (Å²) in [7, 11) is 1.61. The molecule has 0 fully saturated rings. The van der Waals surface area contributed by atoms with Crippen LogP contribution in [0.2, 0.25) is 0 Å². The van der Waals surface area contributed by atoms with Gasteiger partial charge in [0.25, 0.3) is 5.91 Å². The zero-order valence-corrected chi connectivity index (χ0v) is 10.5. The number of ether oxygens (including phenoxy) is 1. The number of hydrogen-bond acceptors (Lipinski definition) is 5. The summed E-state index contributed by atoms with van der Waals surface area (Å²) in [5.74, 6) is 0.773. The molecule has 0 aliphatic carbocycles. The van der Waals surface area contributed by atoms with Crippen molar-refractivity contribution in [3.8, 4) is 5.75 Å². The Morgan fingerprint density at radius 3 is 2.58 bits per heavy atom. The Bertz CT molecular complexity index is 552. The van der Waals surface area contributed by atoms with Gasteiger partial charge in [0.05, 0.1) is 19.5 Å². The molecule has 6 heteroatoms. The van der Waals surface area contributed by atoms with E-state index in [-0.39, 0.29) is 17.4 Å². The number of aromatic nitrogens is 2. The van der Waals surface area contributed by atoms with Crippen molar-refractivity contribution in [2.75, 3.05) is 12.8 Å². The summed E-state index contributed by atoms with van der Waals surface area (Å²) in [6, 6.07) is 7.44. The van der Waals surface area contributed by atoms with Gasteiger partial charge in [-0.15, -0.1) is 0 Å². The van der Waals surface area contributed by atoms with Crippen LogP contribution in [-0.4, -0.2) is 23.0 Å². The standard InChI is InChI=1S/C13H14N4O2/c1-19-10-4-2-9(3-5-10)6-17-13(18)11-7-16-12(14)8-15-11/h2-5,7-8H,6H2,1H3,(H2,14,16)(H,17,18). The normalized spacial score (nSPS) is 9.95. The van der Waals surface area contributed by atoms with E-state index < -0.39 is 0 Å². The zero-order chi connectivity index (χ0) is 13.7. The molecule has 6 nitrogen and oxygen atoms in total. The molecule has 0 saturated carbocycles. The molecule has 1 aromatic heterocycles. The largest absolute Gasteiger partial charge is 0.497 e. The van der Waals surface area contributed by atoms with Crippen molar-refractivity contribution in [2.45, 2.75) is 6.54 Å². The van der Waals surface area contributed by atoms with Crippen molar-refractivity contribution in [3.63, 3.8) is 0 Å². The number of rotatable bonds is 4. The molecule has 1 heterocycles. The predicted octanol–water partition coefficient (Wildman–Crippen LogP) is 0.997. The van der Waals surface area contributed by atoms with Crippen LogP contribution in [0.15, 0.2) is 36.7 Å². The molecule has 2 rings (SSSR count). The molecule has 0 atom stereocenters. The van der Waals surface area contributed by atoms with Crippen molar-refractivity contribution in [1.82, 2.24) is 15.3 Å². The Kier molecular flexibility index (Phi) is 3.92. The highest BCUT2D eigenvalue weighted by Gasteiger charge is 2.07. The first-order valence-corrected chi connectivity index (χ1v) is 5.67. The summed E-state index contributed by atoms with van der Waals surface area (Å²) in [6.45, 7) is 0.412. The second-order valence-corrected chi connectivity index (χ2v) is 3.86. The molecular weight excluding hydrogens is 244 g/mol. The smallest absolute Gasteiger partial charge is 0.271 e. The summed E-state index contributed by atoms with van der Waals surface area (Å²) in [5.41, 5.74) is 6.61. The van der Waals surface area contributed by atoms with Crippen LogP contribution in [0.4, 0.5) is 5.82 Å². The number of benzene rings is 1. The maximum atomic E-state index is 11.8. The summed E-state index contributed by atoms with van der Waals surface area (Å²) in [5, 5.41) is 2.75. The summed E-state index contributed by atoms with van der Waals surface area (Å²) < 4.78 is 5.06. The number of nitrogens with two attached hydrogens (primary N) is 1. The molecule has 98 valence electrons. The van der Waals surface area contributed by atoms with E-state index in [9.17, 15) is 4.79 Å². The molecule has 0 unspecified atom stereocenters. The van der Waals surface area contributed by atoms with Gasteiger partial charge in [-0.25, -0.2) is 9.97 Å². The van der Waals surface area contributed by atoms with Gasteiger partial charge in [-0.2, -0.15) is 0 Å². The van der Waals surface area contributed by atoms with Gasteiger partial charge in [0, 0.05) is 6.54 Å².